The highest BCUT2D eigenvalue weighted by Gasteiger charge is 1.99. The summed E-state index contributed by atoms with van der Waals surface area (Å²) in [5, 5.41) is 0. The maximum atomic E-state index is 11.5. The first kappa shape index (κ1) is 13.5. The van der Waals surface area contributed by atoms with E-state index < -0.39 is 0 Å². The molecule has 1 nitrogen and oxygen atoms in total. The first-order chi connectivity index (χ1) is 7.89. The Balaban J connectivity index is 2.21. The molecule has 0 aromatic carbocycles. The molecule has 92 valence electrons. The van der Waals surface area contributed by atoms with Crippen LogP contribution in [-0.4, -0.2) is 5.78 Å². The van der Waals surface area contributed by atoms with E-state index >= 15 is 0 Å². The molecular formula is C15H26O. The zero-order valence-electron chi connectivity index (χ0n) is 10.5. The quantitative estimate of drug-likeness (QED) is 0.538. The summed E-state index contributed by atoms with van der Waals surface area (Å²) in [6.07, 6.45) is 18.8. The van der Waals surface area contributed by atoms with Crippen LogP contribution in [0, 0.1) is 0 Å². The van der Waals surface area contributed by atoms with Gasteiger partial charge in [0.2, 0.25) is 0 Å². The van der Waals surface area contributed by atoms with Crippen LogP contribution in [0.3, 0.4) is 0 Å². The molecule has 0 unspecified atom stereocenters. The van der Waals surface area contributed by atoms with Crippen LogP contribution in [-0.2, 0) is 4.79 Å². The molecule has 0 radical (unpaired) electrons. The Morgan fingerprint density at radius 3 is 1.94 bits per heavy atom. The molecule has 1 aliphatic carbocycles. The van der Waals surface area contributed by atoms with Gasteiger partial charge in [-0.25, -0.2) is 0 Å². The summed E-state index contributed by atoms with van der Waals surface area (Å²) in [6, 6.07) is 0. The van der Waals surface area contributed by atoms with Crippen molar-refractivity contribution in [3.63, 3.8) is 0 Å². The van der Waals surface area contributed by atoms with Gasteiger partial charge in [0.25, 0.3) is 0 Å². The van der Waals surface area contributed by atoms with E-state index in [1.807, 2.05) is 0 Å². The average molecular weight is 222 g/mol. The van der Waals surface area contributed by atoms with E-state index in [0.29, 0.717) is 12.2 Å². The van der Waals surface area contributed by atoms with Crippen LogP contribution >= 0.6 is 0 Å². The summed E-state index contributed by atoms with van der Waals surface area (Å²) in [4.78, 5) is 11.5. The highest BCUT2D eigenvalue weighted by atomic mass is 16.1. The lowest BCUT2D eigenvalue weighted by molar-refractivity contribution is -0.118. The number of allylic oxidation sites excluding steroid dienone is 2. The Bertz CT molecular complexity index is 205. The van der Waals surface area contributed by atoms with Gasteiger partial charge in [0.1, 0.15) is 5.78 Å². The standard InChI is InChI=1S/C15H26O/c16-15-13-11-9-7-5-3-1-2-4-6-8-10-12-14-15/h9,11H,1-8,10,12-14H2. The fourth-order valence-corrected chi connectivity index (χ4v) is 2.26. The molecule has 0 aromatic heterocycles. The van der Waals surface area contributed by atoms with Gasteiger partial charge in [-0.1, -0.05) is 57.1 Å². The highest BCUT2D eigenvalue weighted by Crippen LogP contribution is 2.12. The van der Waals surface area contributed by atoms with E-state index in [1.165, 1.54) is 51.4 Å². The molecule has 0 bridgehead atoms. The van der Waals surface area contributed by atoms with Crippen LogP contribution in [0.15, 0.2) is 12.2 Å². The van der Waals surface area contributed by atoms with E-state index in [4.69, 9.17) is 0 Å². The van der Waals surface area contributed by atoms with Gasteiger partial charge in [-0.3, -0.25) is 4.79 Å². The molecule has 0 spiro atoms. The third-order valence-electron chi connectivity index (χ3n) is 3.34. The van der Waals surface area contributed by atoms with Crippen molar-refractivity contribution in [1.82, 2.24) is 0 Å². The van der Waals surface area contributed by atoms with Crippen LogP contribution < -0.4 is 0 Å². The third-order valence-corrected chi connectivity index (χ3v) is 3.34. The van der Waals surface area contributed by atoms with Crippen molar-refractivity contribution in [2.45, 2.75) is 77.0 Å². The molecule has 0 N–H and O–H groups in total. The minimum Gasteiger partial charge on any atom is -0.299 e. The lowest BCUT2D eigenvalue weighted by atomic mass is 10.1. The van der Waals surface area contributed by atoms with Crippen LogP contribution in [0.2, 0.25) is 0 Å². The number of carbonyl (C=O) groups excluding carboxylic acids is 1. The fourth-order valence-electron chi connectivity index (χ4n) is 2.26. The molecule has 16 heavy (non-hydrogen) atoms. The monoisotopic (exact) mass is 222 g/mol. The van der Waals surface area contributed by atoms with Crippen molar-refractivity contribution in [2.24, 2.45) is 0 Å². The van der Waals surface area contributed by atoms with Gasteiger partial charge in [-0.05, 0) is 19.3 Å². The van der Waals surface area contributed by atoms with Gasteiger partial charge in [0, 0.05) is 12.8 Å². The van der Waals surface area contributed by atoms with Crippen molar-refractivity contribution in [2.75, 3.05) is 0 Å². The van der Waals surface area contributed by atoms with Gasteiger partial charge in [0.15, 0.2) is 0 Å². The molecule has 0 atom stereocenters. The Labute approximate surface area is 100 Å². The van der Waals surface area contributed by atoms with Crippen molar-refractivity contribution >= 4 is 5.78 Å². The number of ketones is 1. The van der Waals surface area contributed by atoms with Crippen LogP contribution in [0.25, 0.3) is 0 Å². The second kappa shape index (κ2) is 9.62. The summed E-state index contributed by atoms with van der Waals surface area (Å²) < 4.78 is 0. The van der Waals surface area contributed by atoms with Gasteiger partial charge >= 0.3 is 0 Å². The van der Waals surface area contributed by atoms with Gasteiger partial charge in [0.05, 0.1) is 0 Å². The topological polar surface area (TPSA) is 17.1 Å². The average Bonchev–Trinajstić information content (AvgIpc) is 2.29. The van der Waals surface area contributed by atoms with E-state index in [0.717, 1.165) is 19.3 Å². The molecule has 1 heteroatoms. The van der Waals surface area contributed by atoms with E-state index in [2.05, 4.69) is 12.2 Å². The fraction of sp³-hybridized carbons (Fsp3) is 0.800. The predicted octanol–water partition coefficient (Wildman–Crippen LogP) is 4.81. The molecule has 0 amide bonds. The first-order valence-corrected chi connectivity index (χ1v) is 7.06. The largest absolute Gasteiger partial charge is 0.299 e. The van der Waals surface area contributed by atoms with E-state index in [1.54, 1.807) is 0 Å². The molecule has 0 aliphatic heterocycles. The zero-order chi connectivity index (χ0) is 11.5. The molecule has 1 aliphatic rings. The lowest BCUT2D eigenvalue weighted by Gasteiger charge is -2.01. The summed E-state index contributed by atoms with van der Waals surface area (Å²) in [7, 11) is 0. The van der Waals surface area contributed by atoms with Crippen LogP contribution in [0.1, 0.15) is 77.0 Å². The van der Waals surface area contributed by atoms with E-state index in [-0.39, 0.29) is 0 Å². The lowest BCUT2D eigenvalue weighted by Crippen LogP contribution is -1.95. The number of hydrogen-bond donors (Lipinski definition) is 0. The second-order valence-electron chi connectivity index (χ2n) is 4.93. The zero-order valence-corrected chi connectivity index (χ0v) is 10.5. The molecule has 0 aromatic rings. The van der Waals surface area contributed by atoms with Crippen molar-refractivity contribution in [3.8, 4) is 0 Å². The predicted molar refractivity (Wildman–Crippen MR) is 69.6 cm³/mol. The number of hydrogen-bond acceptors (Lipinski definition) is 1. The molecule has 1 rings (SSSR count). The third kappa shape index (κ3) is 7.67. The SMILES string of the molecule is O=C1CC=CCCCCCCCCCCC1. The van der Waals surface area contributed by atoms with E-state index in [9.17, 15) is 4.79 Å². The van der Waals surface area contributed by atoms with Crippen LogP contribution in [0.5, 0.6) is 0 Å². The molecule has 0 saturated carbocycles. The number of carbonyl (C=O) groups is 1. The highest BCUT2D eigenvalue weighted by molar-refractivity contribution is 5.79. The van der Waals surface area contributed by atoms with Crippen molar-refractivity contribution < 1.29 is 4.79 Å². The van der Waals surface area contributed by atoms with Gasteiger partial charge in [-0.2, -0.15) is 0 Å². The summed E-state index contributed by atoms with van der Waals surface area (Å²) >= 11 is 0. The Kier molecular flexibility index (Phi) is 8.10. The summed E-state index contributed by atoms with van der Waals surface area (Å²) in [6.45, 7) is 0. The van der Waals surface area contributed by atoms with Crippen molar-refractivity contribution in [1.29, 1.82) is 0 Å². The Morgan fingerprint density at radius 2 is 1.25 bits per heavy atom. The number of rotatable bonds is 0. The first-order valence-electron chi connectivity index (χ1n) is 7.06. The van der Waals surface area contributed by atoms with Gasteiger partial charge in [-0.15, -0.1) is 0 Å². The second-order valence-corrected chi connectivity index (χ2v) is 4.93. The smallest absolute Gasteiger partial charge is 0.136 e. The normalized spacial score (nSPS) is 22.4. The van der Waals surface area contributed by atoms with Gasteiger partial charge < -0.3 is 0 Å². The van der Waals surface area contributed by atoms with Crippen molar-refractivity contribution in [3.05, 3.63) is 12.2 Å². The molecule has 0 saturated heterocycles. The molecule has 0 fully saturated rings. The summed E-state index contributed by atoms with van der Waals surface area (Å²) in [5.41, 5.74) is 0. The summed E-state index contributed by atoms with van der Waals surface area (Å²) in [5.74, 6) is 0.422. The minimum absolute atomic E-state index is 0.422. The maximum absolute atomic E-state index is 11.5. The number of Topliss-reactive ketones (excluding diaryl/α,β-unsaturated/α-hetero) is 1. The minimum atomic E-state index is 0.422. The molecule has 0 heterocycles. The Morgan fingerprint density at radius 1 is 0.688 bits per heavy atom. The maximum Gasteiger partial charge on any atom is 0.136 e. The van der Waals surface area contributed by atoms with Crippen LogP contribution in [0.4, 0.5) is 0 Å². The Hall–Kier alpha value is -0.590. The molecular weight excluding hydrogens is 196 g/mol.